The van der Waals surface area contributed by atoms with Crippen LogP contribution >= 0.6 is 11.6 Å². The van der Waals surface area contributed by atoms with Crippen LogP contribution in [0.25, 0.3) is 22.2 Å². The number of primary amides is 1. The first-order chi connectivity index (χ1) is 21.7. The van der Waals surface area contributed by atoms with Crippen LogP contribution in [0.4, 0.5) is 14.5 Å². The van der Waals surface area contributed by atoms with E-state index >= 15 is 0 Å². The molecule has 11 nitrogen and oxygen atoms in total. The predicted molar refractivity (Wildman–Crippen MR) is 163 cm³/mol. The molecule has 1 aliphatic carbocycles. The Balaban J connectivity index is 0.000000535. The summed E-state index contributed by atoms with van der Waals surface area (Å²) in [5, 5.41) is 8.50. The molecule has 3 aliphatic rings. The van der Waals surface area contributed by atoms with Crippen molar-refractivity contribution < 1.29 is 27.8 Å². The largest absolute Gasteiger partial charge is 0.482 e. The smallest absolute Gasteiger partial charge is 0.423 e. The van der Waals surface area contributed by atoms with Crippen LogP contribution in [0.5, 0.6) is 5.75 Å². The van der Waals surface area contributed by atoms with Gasteiger partial charge in [-0.2, -0.15) is 13.9 Å². The Morgan fingerprint density at radius 1 is 1.18 bits per heavy atom. The number of carbonyl (C=O) groups excluding carboxylic acids is 2. The molecule has 3 N–H and O–H groups in total. The SMILES string of the molecule is C1COCCN1.CCn1ncc2c(-c3ccc4c(c3)OC(F)(F)C(=O)N4Cc3ccc(Cl)cn3)c(C(N)=O)c(CC3CC3)nc21. The third-order valence-corrected chi connectivity index (χ3v) is 8.04. The van der Waals surface area contributed by atoms with E-state index < -0.39 is 17.9 Å². The lowest BCUT2D eigenvalue weighted by atomic mass is 9.93. The molecule has 0 spiro atoms. The van der Waals surface area contributed by atoms with Crippen molar-refractivity contribution in [2.75, 3.05) is 31.2 Å². The van der Waals surface area contributed by atoms with E-state index in [-0.39, 0.29) is 23.5 Å². The molecule has 3 aromatic heterocycles. The summed E-state index contributed by atoms with van der Waals surface area (Å²) < 4.78 is 41.2. The molecule has 0 radical (unpaired) electrons. The molecule has 2 aliphatic heterocycles. The number of ether oxygens (including phenoxy) is 2. The first kappa shape index (κ1) is 30.8. The Morgan fingerprint density at radius 2 is 1.96 bits per heavy atom. The molecule has 45 heavy (non-hydrogen) atoms. The van der Waals surface area contributed by atoms with Crippen molar-refractivity contribution >= 4 is 40.1 Å². The number of hydrogen-bond acceptors (Lipinski definition) is 8. The summed E-state index contributed by atoms with van der Waals surface area (Å²) in [4.78, 5) is 35.3. The monoisotopic (exact) mass is 639 g/mol. The lowest BCUT2D eigenvalue weighted by molar-refractivity contribution is -0.193. The van der Waals surface area contributed by atoms with E-state index in [4.69, 9.17) is 31.8 Å². The zero-order valence-electron chi connectivity index (χ0n) is 24.6. The van der Waals surface area contributed by atoms with Gasteiger partial charge in [0.05, 0.1) is 53.6 Å². The van der Waals surface area contributed by atoms with Crippen LogP contribution in [0.2, 0.25) is 5.02 Å². The molecular formula is C31H32ClF2N7O4. The van der Waals surface area contributed by atoms with Crippen molar-refractivity contribution in [3.8, 4) is 16.9 Å². The maximum atomic E-state index is 14.8. The van der Waals surface area contributed by atoms with E-state index in [2.05, 4.69) is 15.4 Å². The number of morpholine rings is 1. The molecule has 1 aromatic carbocycles. The van der Waals surface area contributed by atoms with Gasteiger partial charge < -0.3 is 20.5 Å². The van der Waals surface area contributed by atoms with E-state index in [1.165, 1.54) is 18.3 Å². The minimum Gasteiger partial charge on any atom is -0.423 e. The normalized spacial score (nSPS) is 17.3. The number of nitrogens with zero attached hydrogens (tertiary/aromatic N) is 5. The highest BCUT2D eigenvalue weighted by Crippen LogP contribution is 2.44. The number of hydrogen-bond donors (Lipinski definition) is 2. The van der Waals surface area contributed by atoms with Gasteiger partial charge in [-0.15, -0.1) is 0 Å². The first-order valence-electron chi connectivity index (χ1n) is 14.8. The van der Waals surface area contributed by atoms with Gasteiger partial charge in [0.1, 0.15) is 0 Å². The third kappa shape index (κ3) is 6.46. The van der Waals surface area contributed by atoms with Gasteiger partial charge in [-0.25, -0.2) is 9.67 Å². The number of carbonyl (C=O) groups is 2. The number of rotatable bonds is 7. The molecule has 0 atom stereocenters. The molecule has 1 saturated carbocycles. The van der Waals surface area contributed by atoms with E-state index in [9.17, 15) is 18.4 Å². The van der Waals surface area contributed by atoms with Crippen molar-refractivity contribution in [2.24, 2.45) is 11.7 Å². The summed E-state index contributed by atoms with van der Waals surface area (Å²) in [7, 11) is 0. The number of nitrogens with one attached hydrogen (secondary N) is 1. The lowest BCUT2D eigenvalue weighted by Crippen LogP contribution is -2.50. The molecule has 4 aromatic rings. The van der Waals surface area contributed by atoms with Crippen molar-refractivity contribution in [1.29, 1.82) is 0 Å². The number of benzene rings is 1. The average Bonchev–Trinajstić information content (AvgIpc) is 3.76. The van der Waals surface area contributed by atoms with E-state index in [1.54, 1.807) is 29.1 Å². The molecule has 7 rings (SSSR count). The summed E-state index contributed by atoms with van der Waals surface area (Å²) in [6.07, 6.45) is 1.50. The standard InChI is InChI=1S/C27H23ClF2N6O3.C4H9NO/c1-2-36-25-18(12-33-36)22(23(24(31)37)19(34-25)9-14-3-4-14)15-5-8-20-21(10-15)39-27(29,30)26(38)35(20)13-17-7-6-16(28)11-32-17;1-3-6-4-2-5-1/h5-8,10-12,14H,2-4,9,13H2,1H3,(H2,31,37);5H,1-4H2. The zero-order chi connectivity index (χ0) is 31.7. The van der Waals surface area contributed by atoms with E-state index in [0.717, 1.165) is 44.0 Å². The molecule has 2 amide bonds. The second-order valence-electron chi connectivity index (χ2n) is 11.0. The fraction of sp³-hybridized carbons (Fsp3) is 0.387. The van der Waals surface area contributed by atoms with Crippen LogP contribution in [0.1, 0.15) is 41.5 Å². The first-order valence-corrected chi connectivity index (χ1v) is 15.1. The Labute approximate surface area is 262 Å². The number of nitrogens with two attached hydrogens (primary N) is 1. The highest BCUT2D eigenvalue weighted by Gasteiger charge is 2.50. The number of fused-ring (bicyclic) bond motifs is 2. The number of anilines is 1. The summed E-state index contributed by atoms with van der Waals surface area (Å²) in [6.45, 7) is 6.08. The van der Waals surface area contributed by atoms with Crippen molar-refractivity contribution in [1.82, 2.24) is 25.1 Å². The van der Waals surface area contributed by atoms with Crippen molar-refractivity contribution in [3.63, 3.8) is 0 Å². The van der Waals surface area contributed by atoms with Gasteiger partial charge in [0.15, 0.2) is 11.4 Å². The van der Waals surface area contributed by atoms with Crippen LogP contribution < -0.4 is 20.7 Å². The topological polar surface area (TPSA) is 137 Å². The number of amides is 2. The zero-order valence-corrected chi connectivity index (χ0v) is 25.3. The maximum Gasteiger partial charge on any atom is 0.482 e. The average molecular weight is 640 g/mol. The van der Waals surface area contributed by atoms with Gasteiger partial charge in [-0.3, -0.25) is 19.5 Å². The van der Waals surface area contributed by atoms with Crippen LogP contribution in [-0.4, -0.2) is 64.0 Å². The fourth-order valence-corrected chi connectivity index (χ4v) is 5.54. The van der Waals surface area contributed by atoms with Crippen LogP contribution in [0.15, 0.2) is 42.7 Å². The molecule has 14 heteroatoms. The molecule has 2 fully saturated rings. The molecule has 5 heterocycles. The van der Waals surface area contributed by atoms with Crippen LogP contribution in [-0.2, 0) is 29.0 Å². The number of halogens is 3. The lowest BCUT2D eigenvalue weighted by Gasteiger charge is -2.33. The predicted octanol–water partition coefficient (Wildman–Crippen LogP) is 4.34. The minimum atomic E-state index is -4.11. The Hall–Kier alpha value is -4.20. The maximum absolute atomic E-state index is 14.8. The van der Waals surface area contributed by atoms with Gasteiger partial charge >= 0.3 is 12.0 Å². The number of aromatic nitrogens is 4. The Morgan fingerprint density at radius 3 is 2.56 bits per heavy atom. The highest BCUT2D eigenvalue weighted by molar-refractivity contribution is 6.30. The van der Waals surface area contributed by atoms with Gasteiger partial charge in [0.25, 0.3) is 5.91 Å². The van der Waals surface area contributed by atoms with Gasteiger partial charge in [0.2, 0.25) is 0 Å². The van der Waals surface area contributed by atoms with Crippen molar-refractivity contribution in [3.05, 3.63) is 64.7 Å². The van der Waals surface area contributed by atoms with Crippen LogP contribution in [0, 0.1) is 5.92 Å². The molecule has 236 valence electrons. The molecule has 0 unspecified atom stereocenters. The van der Waals surface area contributed by atoms with E-state index in [1.807, 2.05) is 6.92 Å². The summed E-state index contributed by atoms with van der Waals surface area (Å²) in [5.74, 6) is -2.00. The Kier molecular flexibility index (Phi) is 8.67. The molecular weight excluding hydrogens is 608 g/mol. The number of alkyl halides is 2. The van der Waals surface area contributed by atoms with Gasteiger partial charge in [-0.05, 0) is 61.9 Å². The second-order valence-corrected chi connectivity index (χ2v) is 11.5. The summed E-state index contributed by atoms with van der Waals surface area (Å²) >= 11 is 5.89. The third-order valence-electron chi connectivity index (χ3n) is 7.81. The van der Waals surface area contributed by atoms with Crippen LogP contribution in [0.3, 0.4) is 0 Å². The number of pyridine rings is 2. The van der Waals surface area contributed by atoms with Gasteiger partial charge in [0, 0.05) is 36.8 Å². The summed E-state index contributed by atoms with van der Waals surface area (Å²) in [6, 6.07) is 7.66. The highest BCUT2D eigenvalue weighted by atomic mass is 35.5. The fourth-order valence-electron chi connectivity index (χ4n) is 5.43. The number of aryl methyl sites for hydroxylation is 1. The second kappa shape index (κ2) is 12.7. The summed E-state index contributed by atoms with van der Waals surface area (Å²) in [5.41, 5.74) is 8.59. The van der Waals surface area contributed by atoms with E-state index in [0.29, 0.717) is 57.5 Å². The minimum absolute atomic E-state index is 0.139. The Bertz CT molecular complexity index is 1730. The van der Waals surface area contributed by atoms with Gasteiger partial charge in [-0.1, -0.05) is 17.7 Å². The molecule has 0 bridgehead atoms. The molecule has 1 saturated heterocycles. The van der Waals surface area contributed by atoms with Crippen molar-refractivity contribution in [2.45, 2.75) is 45.4 Å². The quantitative estimate of drug-likeness (QED) is 0.305.